The normalized spacial score (nSPS) is 12.0. The zero-order valence-corrected chi connectivity index (χ0v) is 9.10. The molecule has 1 rings (SSSR count). The highest BCUT2D eigenvalue weighted by atomic mass is 19.1. The highest BCUT2D eigenvalue weighted by molar-refractivity contribution is 5.84. The molecule has 0 bridgehead atoms. The van der Waals surface area contributed by atoms with E-state index in [4.69, 9.17) is 0 Å². The first-order chi connectivity index (χ1) is 7.06. The molecule has 82 valence electrons. The van der Waals surface area contributed by atoms with Gasteiger partial charge >= 0.3 is 0 Å². The summed E-state index contributed by atoms with van der Waals surface area (Å²) in [6, 6.07) is 4.35. The zero-order chi connectivity index (χ0) is 11.4. The van der Waals surface area contributed by atoms with Gasteiger partial charge in [-0.2, -0.15) is 0 Å². The Kier molecular flexibility index (Phi) is 3.66. The molecule has 0 aliphatic heterocycles. The molecule has 1 atom stereocenters. The van der Waals surface area contributed by atoms with Gasteiger partial charge in [-0.25, -0.2) is 4.39 Å². The molecule has 1 aromatic rings. The molecule has 0 spiro atoms. The summed E-state index contributed by atoms with van der Waals surface area (Å²) < 4.78 is 13.4. The molecule has 0 aromatic heterocycles. The molecule has 1 aromatic carbocycles. The third-order valence-electron chi connectivity index (χ3n) is 2.22. The summed E-state index contributed by atoms with van der Waals surface area (Å²) in [7, 11) is 1.55. The molecule has 15 heavy (non-hydrogen) atoms. The Labute approximate surface area is 88.7 Å². The second kappa shape index (κ2) is 4.77. The number of anilines is 1. The minimum atomic E-state index is -0.453. The first kappa shape index (κ1) is 11.5. The molecule has 0 radical (unpaired) electrons. The van der Waals surface area contributed by atoms with E-state index in [2.05, 4.69) is 10.6 Å². The summed E-state index contributed by atoms with van der Waals surface area (Å²) in [5.74, 6) is -0.511. The second-order valence-electron chi connectivity index (χ2n) is 3.41. The van der Waals surface area contributed by atoms with Gasteiger partial charge in [-0.1, -0.05) is 12.1 Å². The van der Waals surface area contributed by atoms with Gasteiger partial charge in [-0.3, -0.25) is 4.79 Å². The Morgan fingerprint density at radius 1 is 1.47 bits per heavy atom. The quantitative estimate of drug-likeness (QED) is 0.797. The number of benzene rings is 1. The molecule has 0 heterocycles. The number of halogens is 1. The summed E-state index contributed by atoms with van der Waals surface area (Å²) in [5.41, 5.74) is 1.17. The minimum absolute atomic E-state index is 0.169. The highest BCUT2D eigenvalue weighted by Gasteiger charge is 2.13. The van der Waals surface area contributed by atoms with Crippen LogP contribution in [0.5, 0.6) is 0 Å². The van der Waals surface area contributed by atoms with Gasteiger partial charge in [-0.05, 0) is 25.5 Å². The van der Waals surface area contributed by atoms with Crippen molar-refractivity contribution in [3.05, 3.63) is 29.6 Å². The number of para-hydroxylation sites is 1. The van der Waals surface area contributed by atoms with Crippen LogP contribution in [0.1, 0.15) is 12.5 Å². The van der Waals surface area contributed by atoms with Gasteiger partial charge in [0.1, 0.15) is 11.9 Å². The molecule has 0 aliphatic carbocycles. The smallest absolute Gasteiger partial charge is 0.241 e. The summed E-state index contributed by atoms with van der Waals surface area (Å²) >= 11 is 0. The van der Waals surface area contributed by atoms with Crippen LogP contribution < -0.4 is 10.6 Å². The molecule has 0 saturated carbocycles. The zero-order valence-electron chi connectivity index (χ0n) is 9.10. The SMILES string of the molecule is CNC(=O)C(C)Nc1c(C)cccc1F. The van der Waals surface area contributed by atoms with E-state index in [-0.39, 0.29) is 11.7 Å². The molecule has 2 N–H and O–H groups in total. The van der Waals surface area contributed by atoms with Crippen LogP contribution in [0.25, 0.3) is 0 Å². The predicted octanol–water partition coefficient (Wildman–Crippen LogP) is 1.68. The van der Waals surface area contributed by atoms with Crippen molar-refractivity contribution in [1.29, 1.82) is 0 Å². The van der Waals surface area contributed by atoms with Crippen LogP contribution in [-0.4, -0.2) is 19.0 Å². The van der Waals surface area contributed by atoms with Crippen LogP contribution in [0.4, 0.5) is 10.1 Å². The third kappa shape index (κ3) is 2.68. The third-order valence-corrected chi connectivity index (χ3v) is 2.22. The lowest BCUT2D eigenvalue weighted by molar-refractivity contribution is -0.121. The van der Waals surface area contributed by atoms with Gasteiger partial charge in [0.2, 0.25) is 5.91 Å². The molecular formula is C11H15FN2O. The molecule has 1 amide bonds. The Morgan fingerprint density at radius 3 is 2.67 bits per heavy atom. The van der Waals surface area contributed by atoms with E-state index >= 15 is 0 Å². The van der Waals surface area contributed by atoms with E-state index in [9.17, 15) is 9.18 Å². The fourth-order valence-electron chi connectivity index (χ4n) is 1.31. The number of likely N-dealkylation sites (N-methyl/N-ethyl adjacent to an activating group) is 1. The van der Waals surface area contributed by atoms with E-state index in [1.54, 1.807) is 33.0 Å². The summed E-state index contributed by atoms with van der Waals surface area (Å²) in [6.07, 6.45) is 0. The van der Waals surface area contributed by atoms with Crippen molar-refractivity contribution in [2.24, 2.45) is 0 Å². The first-order valence-corrected chi connectivity index (χ1v) is 4.79. The Hall–Kier alpha value is -1.58. The maximum atomic E-state index is 13.4. The number of amides is 1. The van der Waals surface area contributed by atoms with E-state index in [0.29, 0.717) is 5.69 Å². The van der Waals surface area contributed by atoms with Crippen LogP contribution in [-0.2, 0) is 4.79 Å². The molecule has 3 nitrogen and oxygen atoms in total. The van der Waals surface area contributed by atoms with Crippen molar-refractivity contribution in [1.82, 2.24) is 5.32 Å². The van der Waals surface area contributed by atoms with Crippen LogP contribution in [0.2, 0.25) is 0 Å². The molecule has 1 unspecified atom stereocenters. The molecule has 0 fully saturated rings. The topological polar surface area (TPSA) is 41.1 Å². The Bertz CT molecular complexity index is 345. The fraction of sp³-hybridized carbons (Fsp3) is 0.364. The monoisotopic (exact) mass is 210 g/mol. The van der Waals surface area contributed by atoms with Gasteiger partial charge in [0.05, 0.1) is 5.69 Å². The van der Waals surface area contributed by atoms with E-state index in [1.165, 1.54) is 6.07 Å². The lowest BCUT2D eigenvalue weighted by Crippen LogP contribution is -2.35. The lowest BCUT2D eigenvalue weighted by atomic mass is 10.1. The summed E-state index contributed by atoms with van der Waals surface area (Å²) in [4.78, 5) is 11.2. The molecule has 0 aliphatic rings. The number of nitrogens with one attached hydrogen (secondary N) is 2. The van der Waals surface area contributed by atoms with E-state index < -0.39 is 6.04 Å². The number of hydrogen-bond donors (Lipinski definition) is 2. The number of carbonyl (C=O) groups excluding carboxylic acids is 1. The highest BCUT2D eigenvalue weighted by Crippen LogP contribution is 2.19. The largest absolute Gasteiger partial charge is 0.371 e. The average molecular weight is 210 g/mol. The molecule has 0 saturated heterocycles. The van der Waals surface area contributed by atoms with Gasteiger partial charge in [0, 0.05) is 7.05 Å². The standard InChI is InChI=1S/C11H15FN2O/c1-7-5-4-6-9(12)10(7)14-8(2)11(15)13-3/h4-6,8,14H,1-3H3,(H,13,15). The minimum Gasteiger partial charge on any atom is -0.371 e. The van der Waals surface area contributed by atoms with E-state index in [1.807, 2.05) is 0 Å². The van der Waals surface area contributed by atoms with Crippen molar-refractivity contribution in [3.63, 3.8) is 0 Å². The molecule has 4 heteroatoms. The predicted molar refractivity (Wildman–Crippen MR) is 58.3 cm³/mol. The number of carbonyl (C=O) groups is 1. The van der Waals surface area contributed by atoms with Crippen molar-refractivity contribution >= 4 is 11.6 Å². The Morgan fingerprint density at radius 2 is 2.13 bits per heavy atom. The van der Waals surface area contributed by atoms with Gasteiger partial charge in [0.15, 0.2) is 0 Å². The van der Waals surface area contributed by atoms with Crippen LogP contribution in [0, 0.1) is 12.7 Å². The maximum absolute atomic E-state index is 13.4. The van der Waals surface area contributed by atoms with Crippen molar-refractivity contribution < 1.29 is 9.18 Å². The van der Waals surface area contributed by atoms with Crippen LogP contribution in [0.3, 0.4) is 0 Å². The van der Waals surface area contributed by atoms with Crippen LogP contribution >= 0.6 is 0 Å². The fourth-order valence-corrected chi connectivity index (χ4v) is 1.31. The summed E-state index contributed by atoms with van der Waals surface area (Å²) in [6.45, 7) is 3.48. The van der Waals surface area contributed by atoms with Crippen molar-refractivity contribution in [2.75, 3.05) is 12.4 Å². The number of aryl methyl sites for hydroxylation is 1. The lowest BCUT2D eigenvalue weighted by Gasteiger charge is -2.16. The second-order valence-corrected chi connectivity index (χ2v) is 3.41. The Balaban J connectivity index is 2.85. The number of hydrogen-bond acceptors (Lipinski definition) is 2. The summed E-state index contributed by atoms with van der Waals surface area (Å²) in [5, 5.41) is 5.34. The van der Waals surface area contributed by atoms with Crippen molar-refractivity contribution in [2.45, 2.75) is 19.9 Å². The molecular weight excluding hydrogens is 195 g/mol. The average Bonchev–Trinajstić information content (AvgIpc) is 2.22. The van der Waals surface area contributed by atoms with Gasteiger partial charge < -0.3 is 10.6 Å². The number of rotatable bonds is 3. The first-order valence-electron chi connectivity index (χ1n) is 4.79. The van der Waals surface area contributed by atoms with Crippen LogP contribution in [0.15, 0.2) is 18.2 Å². The van der Waals surface area contributed by atoms with Gasteiger partial charge in [-0.15, -0.1) is 0 Å². The maximum Gasteiger partial charge on any atom is 0.241 e. The van der Waals surface area contributed by atoms with Crippen molar-refractivity contribution in [3.8, 4) is 0 Å². The van der Waals surface area contributed by atoms with Gasteiger partial charge in [0.25, 0.3) is 0 Å². The van der Waals surface area contributed by atoms with E-state index in [0.717, 1.165) is 5.56 Å².